The fourth-order valence-electron chi connectivity index (χ4n) is 2.74. The van der Waals surface area contributed by atoms with Crippen LogP contribution in [0.4, 0.5) is 5.69 Å². The first-order valence-electron chi connectivity index (χ1n) is 7.32. The normalized spacial score (nSPS) is 17.0. The second-order valence-corrected chi connectivity index (χ2v) is 5.79. The number of aromatic carboxylic acids is 1. The maximum absolute atomic E-state index is 12.8. The largest absolute Gasteiger partial charge is 0.478 e. The Morgan fingerprint density at radius 3 is 2.71 bits per heavy atom. The van der Waals surface area contributed by atoms with E-state index in [9.17, 15) is 14.7 Å². The van der Waals surface area contributed by atoms with Crippen molar-refractivity contribution in [2.24, 2.45) is 11.1 Å². The van der Waals surface area contributed by atoms with Gasteiger partial charge in [0, 0.05) is 18.8 Å². The minimum absolute atomic E-state index is 0.0176. The van der Waals surface area contributed by atoms with Gasteiger partial charge in [-0.2, -0.15) is 0 Å². The summed E-state index contributed by atoms with van der Waals surface area (Å²) in [4.78, 5) is 25.9. The summed E-state index contributed by atoms with van der Waals surface area (Å²) in [5.74, 6) is -0.964. The second-order valence-electron chi connectivity index (χ2n) is 5.79. The maximum Gasteiger partial charge on any atom is 0.336 e. The molecule has 5 nitrogen and oxygen atoms in total. The van der Waals surface area contributed by atoms with Crippen LogP contribution in [-0.4, -0.2) is 30.1 Å². The number of nitrogens with two attached hydrogens (primary N) is 1. The van der Waals surface area contributed by atoms with Gasteiger partial charge >= 0.3 is 5.97 Å². The van der Waals surface area contributed by atoms with Crippen LogP contribution >= 0.6 is 0 Å². The van der Waals surface area contributed by atoms with Gasteiger partial charge in [0.25, 0.3) is 0 Å². The van der Waals surface area contributed by atoms with Crippen molar-refractivity contribution in [3.05, 3.63) is 29.3 Å². The van der Waals surface area contributed by atoms with Gasteiger partial charge in [-0.05, 0) is 43.9 Å². The summed E-state index contributed by atoms with van der Waals surface area (Å²) in [6.07, 6.45) is 2.12. The molecule has 1 atom stereocenters. The average molecular weight is 290 g/mol. The lowest BCUT2D eigenvalue weighted by Crippen LogP contribution is -2.48. The Morgan fingerprint density at radius 2 is 2.14 bits per heavy atom. The first-order chi connectivity index (χ1) is 9.94. The highest BCUT2D eigenvalue weighted by atomic mass is 16.4. The smallest absolute Gasteiger partial charge is 0.336 e. The van der Waals surface area contributed by atoms with Crippen molar-refractivity contribution in [2.45, 2.75) is 33.1 Å². The average Bonchev–Trinajstić information content (AvgIpc) is 2.52. The molecule has 1 amide bonds. The maximum atomic E-state index is 12.8. The number of anilines is 1. The van der Waals surface area contributed by atoms with Crippen molar-refractivity contribution in [3.63, 3.8) is 0 Å². The zero-order valence-electron chi connectivity index (χ0n) is 12.6. The molecule has 1 aromatic rings. The molecule has 114 valence electrons. The molecule has 0 bridgehead atoms. The van der Waals surface area contributed by atoms with Crippen molar-refractivity contribution in [2.75, 3.05) is 18.0 Å². The van der Waals surface area contributed by atoms with Crippen LogP contribution in [0.1, 0.15) is 42.6 Å². The summed E-state index contributed by atoms with van der Waals surface area (Å²) in [5, 5.41) is 9.29. The molecule has 1 unspecified atom stereocenters. The van der Waals surface area contributed by atoms with E-state index in [0.717, 1.165) is 17.7 Å². The van der Waals surface area contributed by atoms with Gasteiger partial charge in [-0.3, -0.25) is 4.79 Å². The number of carboxylic acids is 1. The van der Waals surface area contributed by atoms with Crippen molar-refractivity contribution >= 4 is 17.6 Å². The number of benzene rings is 1. The van der Waals surface area contributed by atoms with E-state index in [1.54, 1.807) is 17.0 Å². The molecule has 2 rings (SSSR count). The predicted molar refractivity (Wildman–Crippen MR) is 81.5 cm³/mol. The van der Waals surface area contributed by atoms with Crippen molar-refractivity contribution in [3.8, 4) is 0 Å². The van der Waals surface area contributed by atoms with Gasteiger partial charge in [0.2, 0.25) is 5.91 Å². The van der Waals surface area contributed by atoms with E-state index in [2.05, 4.69) is 0 Å². The molecule has 0 aliphatic carbocycles. The van der Waals surface area contributed by atoms with E-state index >= 15 is 0 Å². The van der Waals surface area contributed by atoms with Crippen molar-refractivity contribution < 1.29 is 14.7 Å². The number of carbonyl (C=O) groups is 2. The molecule has 1 aliphatic heterocycles. The molecule has 0 saturated carbocycles. The number of fused-ring (bicyclic) bond motifs is 1. The fraction of sp³-hybridized carbons (Fsp3) is 0.500. The van der Waals surface area contributed by atoms with Crippen molar-refractivity contribution in [1.29, 1.82) is 0 Å². The molecule has 5 heteroatoms. The third kappa shape index (κ3) is 2.65. The van der Waals surface area contributed by atoms with E-state index in [-0.39, 0.29) is 18.0 Å². The second kappa shape index (κ2) is 5.85. The Kier molecular flexibility index (Phi) is 4.32. The number of carbonyl (C=O) groups excluding carboxylic acids is 1. The lowest BCUT2D eigenvalue weighted by molar-refractivity contribution is -0.127. The van der Waals surface area contributed by atoms with Crippen LogP contribution < -0.4 is 10.6 Å². The minimum Gasteiger partial charge on any atom is -0.478 e. The number of rotatable bonds is 4. The molecule has 1 heterocycles. The van der Waals surface area contributed by atoms with Crippen LogP contribution in [0.2, 0.25) is 0 Å². The lowest BCUT2D eigenvalue weighted by atomic mass is 9.84. The van der Waals surface area contributed by atoms with Gasteiger partial charge in [0.05, 0.1) is 11.0 Å². The third-order valence-electron chi connectivity index (χ3n) is 4.47. The van der Waals surface area contributed by atoms with Crippen LogP contribution in [0.25, 0.3) is 0 Å². The van der Waals surface area contributed by atoms with E-state index in [1.807, 2.05) is 19.9 Å². The first-order valence-corrected chi connectivity index (χ1v) is 7.32. The Hall–Kier alpha value is -1.88. The Morgan fingerprint density at radius 1 is 1.43 bits per heavy atom. The zero-order chi connectivity index (χ0) is 15.6. The topological polar surface area (TPSA) is 83.6 Å². The summed E-state index contributed by atoms with van der Waals surface area (Å²) in [7, 11) is 0. The summed E-state index contributed by atoms with van der Waals surface area (Å²) < 4.78 is 0. The molecule has 0 radical (unpaired) electrons. The highest BCUT2D eigenvalue weighted by Crippen LogP contribution is 2.34. The summed E-state index contributed by atoms with van der Waals surface area (Å²) in [6.45, 7) is 4.71. The lowest BCUT2D eigenvalue weighted by Gasteiger charge is -2.36. The zero-order valence-corrected chi connectivity index (χ0v) is 12.6. The molecule has 0 saturated heterocycles. The Labute approximate surface area is 124 Å². The summed E-state index contributed by atoms with van der Waals surface area (Å²) in [6, 6.07) is 5.11. The predicted octanol–water partition coefficient (Wildman–Crippen LogP) is 2.04. The van der Waals surface area contributed by atoms with Gasteiger partial charge in [0.15, 0.2) is 0 Å². The van der Waals surface area contributed by atoms with E-state index < -0.39 is 11.4 Å². The van der Waals surface area contributed by atoms with E-state index in [0.29, 0.717) is 19.4 Å². The van der Waals surface area contributed by atoms with E-state index in [1.165, 1.54) is 0 Å². The molecule has 3 N–H and O–H groups in total. The third-order valence-corrected chi connectivity index (χ3v) is 4.47. The molecule has 0 spiro atoms. The summed E-state index contributed by atoms with van der Waals surface area (Å²) in [5.41, 5.74) is 6.94. The monoisotopic (exact) mass is 290 g/mol. The number of hydrogen-bond donors (Lipinski definition) is 2. The minimum atomic E-state index is -0.946. The van der Waals surface area contributed by atoms with Crippen LogP contribution in [0, 0.1) is 5.41 Å². The molecule has 1 aliphatic rings. The van der Waals surface area contributed by atoms with Crippen molar-refractivity contribution in [1.82, 2.24) is 0 Å². The number of hydrogen-bond acceptors (Lipinski definition) is 3. The molecule has 0 aromatic heterocycles. The molecule has 1 aromatic carbocycles. The molecular weight excluding hydrogens is 268 g/mol. The summed E-state index contributed by atoms with van der Waals surface area (Å²) >= 11 is 0. The molecule has 21 heavy (non-hydrogen) atoms. The van der Waals surface area contributed by atoms with Crippen LogP contribution in [0.15, 0.2) is 18.2 Å². The first kappa shape index (κ1) is 15.5. The van der Waals surface area contributed by atoms with E-state index in [4.69, 9.17) is 5.73 Å². The van der Waals surface area contributed by atoms with Crippen LogP contribution in [0.5, 0.6) is 0 Å². The van der Waals surface area contributed by atoms with Crippen LogP contribution in [0.3, 0.4) is 0 Å². The van der Waals surface area contributed by atoms with Gasteiger partial charge in [0.1, 0.15) is 0 Å². The Bertz CT molecular complexity index is 565. The fourth-order valence-corrected chi connectivity index (χ4v) is 2.74. The van der Waals surface area contributed by atoms with Crippen LogP contribution in [-0.2, 0) is 11.2 Å². The van der Waals surface area contributed by atoms with Gasteiger partial charge in [-0.15, -0.1) is 0 Å². The quantitative estimate of drug-likeness (QED) is 0.888. The van der Waals surface area contributed by atoms with Gasteiger partial charge in [-0.1, -0.05) is 13.0 Å². The SMILES string of the molecule is CCC(C)(CN)C(=O)N1CCCc2c(C(=O)O)cccc21. The van der Waals surface area contributed by atoms with Gasteiger partial charge < -0.3 is 15.7 Å². The Balaban J connectivity index is 2.46. The van der Waals surface area contributed by atoms with Gasteiger partial charge in [-0.25, -0.2) is 4.79 Å². The number of amides is 1. The number of carboxylic acid groups (broad SMARTS) is 1. The number of nitrogens with zero attached hydrogens (tertiary/aromatic N) is 1. The highest BCUT2D eigenvalue weighted by Gasteiger charge is 2.36. The molecular formula is C16H22N2O3. The molecule has 0 fully saturated rings. The highest BCUT2D eigenvalue weighted by molar-refractivity contribution is 6.00. The standard InChI is InChI=1S/C16H22N2O3/c1-3-16(2,10-17)15(21)18-9-5-7-11-12(14(19)20)6-4-8-13(11)18/h4,6,8H,3,5,7,9-10,17H2,1-2H3,(H,19,20).